The molecular weight excluding hydrogens is 162 g/mol. The van der Waals surface area contributed by atoms with E-state index in [9.17, 15) is 0 Å². The van der Waals surface area contributed by atoms with Gasteiger partial charge in [-0.25, -0.2) is 9.67 Å². The van der Waals surface area contributed by atoms with Gasteiger partial charge in [0.25, 0.3) is 0 Å². The maximum Gasteiger partial charge on any atom is 0.137 e. The van der Waals surface area contributed by atoms with Crippen LogP contribution in [0.4, 0.5) is 0 Å². The summed E-state index contributed by atoms with van der Waals surface area (Å²) in [5, 5.41) is 4.11. The Bertz CT molecular complexity index is 212. The Morgan fingerprint density at radius 3 is 2.08 bits per heavy atom. The zero-order valence-corrected chi connectivity index (χ0v) is 9.57. The zero-order chi connectivity index (χ0) is 10.5. The predicted molar refractivity (Wildman–Crippen MR) is 55.5 cm³/mol. The van der Waals surface area contributed by atoms with E-state index < -0.39 is 0 Å². The molecule has 0 spiro atoms. The molecular formula is C10H21N3. The van der Waals surface area contributed by atoms with Crippen LogP contribution in [0.15, 0.2) is 12.7 Å². The van der Waals surface area contributed by atoms with Crippen LogP contribution in [-0.2, 0) is 5.54 Å². The molecule has 0 atom stereocenters. The summed E-state index contributed by atoms with van der Waals surface area (Å²) in [5.74, 6) is 0.559. The fourth-order valence-corrected chi connectivity index (χ4v) is 0.770. The van der Waals surface area contributed by atoms with Gasteiger partial charge in [0.15, 0.2) is 0 Å². The van der Waals surface area contributed by atoms with E-state index in [0.717, 1.165) is 0 Å². The molecule has 0 saturated heterocycles. The minimum Gasteiger partial charge on any atom is -0.247 e. The molecule has 13 heavy (non-hydrogen) atoms. The standard InChI is InChI=1S/C8H15N3.C2H6/c1-7(2)8(3,4)11-6-9-5-10-11;1-2/h5-7H,1-4H3;1-2H3. The van der Waals surface area contributed by atoms with E-state index in [1.165, 1.54) is 0 Å². The van der Waals surface area contributed by atoms with Crippen molar-refractivity contribution in [2.45, 2.75) is 47.1 Å². The number of hydrogen-bond donors (Lipinski definition) is 0. The fraction of sp³-hybridized carbons (Fsp3) is 0.800. The Labute approximate surface area is 81.2 Å². The van der Waals surface area contributed by atoms with Gasteiger partial charge in [0.05, 0.1) is 5.54 Å². The van der Waals surface area contributed by atoms with Gasteiger partial charge in [-0.3, -0.25) is 0 Å². The van der Waals surface area contributed by atoms with Crippen LogP contribution in [-0.4, -0.2) is 14.8 Å². The van der Waals surface area contributed by atoms with Crippen molar-refractivity contribution in [3.05, 3.63) is 12.7 Å². The highest BCUT2D eigenvalue weighted by Crippen LogP contribution is 2.22. The highest BCUT2D eigenvalue weighted by Gasteiger charge is 2.24. The first-order chi connectivity index (χ1) is 6.05. The Hall–Kier alpha value is -0.860. The van der Waals surface area contributed by atoms with Gasteiger partial charge in [-0.2, -0.15) is 5.10 Å². The SMILES string of the molecule is CC.CC(C)C(C)(C)n1cncn1. The molecule has 76 valence electrons. The van der Waals surface area contributed by atoms with E-state index in [1.54, 1.807) is 12.7 Å². The predicted octanol–water partition coefficient (Wildman–Crippen LogP) is 2.70. The van der Waals surface area contributed by atoms with Crippen molar-refractivity contribution in [2.24, 2.45) is 5.92 Å². The lowest BCUT2D eigenvalue weighted by atomic mass is 9.91. The van der Waals surface area contributed by atoms with Crippen LogP contribution in [0.25, 0.3) is 0 Å². The molecule has 0 unspecified atom stereocenters. The lowest BCUT2D eigenvalue weighted by Crippen LogP contribution is -2.32. The van der Waals surface area contributed by atoms with E-state index >= 15 is 0 Å². The summed E-state index contributed by atoms with van der Waals surface area (Å²) in [7, 11) is 0. The monoisotopic (exact) mass is 183 g/mol. The lowest BCUT2D eigenvalue weighted by molar-refractivity contribution is 0.225. The van der Waals surface area contributed by atoms with Gasteiger partial charge in [-0.05, 0) is 19.8 Å². The van der Waals surface area contributed by atoms with Gasteiger partial charge in [0.1, 0.15) is 12.7 Å². The third kappa shape index (κ3) is 2.83. The molecule has 0 amide bonds. The van der Waals surface area contributed by atoms with E-state index in [2.05, 4.69) is 37.8 Å². The molecule has 0 aliphatic carbocycles. The second-order valence-corrected chi connectivity index (χ2v) is 3.65. The van der Waals surface area contributed by atoms with Gasteiger partial charge in [-0.15, -0.1) is 0 Å². The van der Waals surface area contributed by atoms with Crippen LogP contribution in [0.2, 0.25) is 0 Å². The third-order valence-electron chi connectivity index (χ3n) is 2.42. The quantitative estimate of drug-likeness (QED) is 0.705. The molecule has 1 heterocycles. The average Bonchev–Trinajstić information content (AvgIpc) is 2.60. The fourth-order valence-electron chi connectivity index (χ4n) is 0.770. The molecule has 0 aromatic carbocycles. The Morgan fingerprint density at radius 2 is 1.77 bits per heavy atom. The topological polar surface area (TPSA) is 30.7 Å². The molecule has 0 radical (unpaired) electrons. The Morgan fingerprint density at radius 1 is 1.23 bits per heavy atom. The van der Waals surface area contributed by atoms with Crippen molar-refractivity contribution in [3.8, 4) is 0 Å². The second-order valence-electron chi connectivity index (χ2n) is 3.65. The van der Waals surface area contributed by atoms with Crippen LogP contribution < -0.4 is 0 Å². The summed E-state index contributed by atoms with van der Waals surface area (Å²) in [4.78, 5) is 3.92. The van der Waals surface area contributed by atoms with Gasteiger partial charge >= 0.3 is 0 Å². The molecule has 1 aromatic rings. The van der Waals surface area contributed by atoms with Crippen molar-refractivity contribution in [2.75, 3.05) is 0 Å². The van der Waals surface area contributed by atoms with Crippen molar-refractivity contribution in [1.82, 2.24) is 14.8 Å². The number of aromatic nitrogens is 3. The van der Waals surface area contributed by atoms with Crippen LogP contribution in [0, 0.1) is 5.92 Å². The molecule has 3 nitrogen and oxygen atoms in total. The molecule has 1 aromatic heterocycles. The van der Waals surface area contributed by atoms with Gasteiger partial charge in [-0.1, -0.05) is 27.7 Å². The molecule has 0 saturated carbocycles. The maximum atomic E-state index is 4.11. The van der Waals surface area contributed by atoms with E-state index in [1.807, 2.05) is 18.5 Å². The van der Waals surface area contributed by atoms with Crippen molar-refractivity contribution >= 4 is 0 Å². The van der Waals surface area contributed by atoms with Crippen molar-refractivity contribution < 1.29 is 0 Å². The highest BCUT2D eigenvalue weighted by molar-refractivity contribution is 4.79. The van der Waals surface area contributed by atoms with Gasteiger partial charge in [0, 0.05) is 0 Å². The first-order valence-corrected chi connectivity index (χ1v) is 4.90. The summed E-state index contributed by atoms with van der Waals surface area (Å²) in [5.41, 5.74) is 0.0660. The summed E-state index contributed by atoms with van der Waals surface area (Å²) < 4.78 is 1.90. The van der Waals surface area contributed by atoms with Crippen LogP contribution >= 0.6 is 0 Å². The molecule has 1 rings (SSSR count). The van der Waals surface area contributed by atoms with E-state index in [-0.39, 0.29) is 5.54 Å². The highest BCUT2D eigenvalue weighted by atomic mass is 15.3. The first-order valence-electron chi connectivity index (χ1n) is 4.90. The minimum atomic E-state index is 0.0660. The minimum absolute atomic E-state index is 0.0660. The van der Waals surface area contributed by atoms with Crippen LogP contribution in [0.1, 0.15) is 41.5 Å². The summed E-state index contributed by atoms with van der Waals surface area (Å²) in [6, 6.07) is 0. The second kappa shape index (κ2) is 5.00. The van der Waals surface area contributed by atoms with Crippen LogP contribution in [0.3, 0.4) is 0 Å². The van der Waals surface area contributed by atoms with E-state index in [0.29, 0.717) is 5.92 Å². The van der Waals surface area contributed by atoms with Gasteiger partial charge < -0.3 is 0 Å². The smallest absolute Gasteiger partial charge is 0.137 e. The van der Waals surface area contributed by atoms with Gasteiger partial charge in [0.2, 0.25) is 0 Å². The summed E-state index contributed by atoms with van der Waals surface area (Å²) in [6.07, 6.45) is 3.34. The molecule has 0 bridgehead atoms. The molecule has 0 aliphatic heterocycles. The van der Waals surface area contributed by atoms with Crippen molar-refractivity contribution in [3.63, 3.8) is 0 Å². The molecule has 3 heteroatoms. The van der Waals surface area contributed by atoms with Crippen LogP contribution in [0.5, 0.6) is 0 Å². The molecule has 0 N–H and O–H groups in total. The third-order valence-corrected chi connectivity index (χ3v) is 2.42. The molecule has 0 fully saturated rings. The zero-order valence-electron chi connectivity index (χ0n) is 9.57. The number of nitrogens with zero attached hydrogens (tertiary/aromatic N) is 3. The maximum absolute atomic E-state index is 4.11. The average molecular weight is 183 g/mol. The number of rotatable bonds is 2. The lowest BCUT2D eigenvalue weighted by Gasteiger charge is -2.28. The Balaban J connectivity index is 0.000000671. The summed E-state index contributed by atoms with van der Waals surface area (Å²) >= 11 is 0. The number of hydrogen-bond acceptors (Lipinski definition) is 2. The first kappa shape index (κ1) is 12.1. The largest absolute Gasteiger partial charge is 0.247 e. The summed E-state index contributed by atoms with van der Waals surface area (Å²) in [6.45, 7) is 12.7. The van der Waals surface area contributed by atoms with Crippen molar-refractivity contribution in [1.29, 1.82) is 0 Å². The van der Waals surface area contributed by atoms with E-state index in [4.69, 9.17) is 0 Å². The Kier molecular flexibility index (Phi) is 4.67. The normalized spacial score (nSPS) is 11.0. The molecule has 0 aliphatic rings.